The molecule has 1 aromatic heterocycles. The summed E-state index contributed by atoms with van der Waals surface area (Å²) in [7, 11) is 1.71. The van der Waals surface area contributed by atoms with Crippen LogP contribution in [0.1, 0.15) is 31.4 Å². The minimum Gasteiger partial charge on any atom is -0.496 e. The second-order valence-electron chi connectivity index (χ2n) is 7.68. The molecule has 1 atom stereocenters. The van der Waals surface area contributed by atoms with Gasteiger partial charge in [-0.2, -0.15) is 0 Å². The van der Waals surface area contributed by atoms with Crippen LogP contribution in [0.15, 0.2) is 54.9 Å². The second-order valence-corrected chi connectivity index (χ2v) is 7.68. The van der Waals surface area contributed by atoms with Crippen molar-refractivity contribution in [2.75, 3.05) is 20.2 Å². The Morgan fingerprint density at radius 2 is 1.97 bits per heavy atom. The molecule has 4 rings (SSSR count). The summed E-state index contributed by atoms with van der Waals surface area (Å²) in [4.78, 5) is 18.7. The van der Waals surface area contributed by atoms with Gasteiger partial charge in [0.05, 0.1) is 30.9 Å². The Balaban J connectivity index is 1.87. The zero-order valence-electron chi connectivity index (χ0n) is 17.3. The molecule has 0 saturated carbocycles. The molecule has 0 radical (unpaired) electrons. The Hall–Kier alpha value is -3.08. The van der Waals surface area contributed by atoms with Crippen molar-refractivity contribution in [3.8, 4) is 28.3 Å². The molecule has 0 bridgehead atoms. The number of nitrogens with zero attached hydrogens (tertiary/aromatic N) is 3. The lowest BCUT2D eigenvalue weighted by atomic mass is 10.00. The summed E-state index contributed by atoms with van der Waals surface area (Å²) in [5, 5.41) is 0. The first kappa shape index (κ1) is 19.2. The molecule has 1 saturated heterocycles. The van der Waals surface area contributed by atoms with Crippen LogP contribution in [0, 0.1) is 6.92 Å². The van der Waals surface area contributed by atoms with Gasteiger partial charge in [0, 0.05) is 31.1 Å². The smallest absolute Gasteiger partial charge is 0.219 e. The first-order valence-corrected chi connectivity index (χ1v) is 10.1. The van der Waals surface area contributed by atoms with Crippen LogP contribution in [0.3, 0.4) is 0 Å². The van der Waals surface area contributed by atoms with Crippen molar-refractivity contribution in [2.45, 2.75) is 32.7 Å². The number of methoxy groups -OCH3 is 1. The molecule has 0 spiro atoms. The number of carbonyl (C=O) groups is 1. The summed E-state index contributed by atoms with van der Waals surface area (Å²) in [6.07, 6.45) is 3.94. The number of carbonyl (C=O) groups excluding carboxylic acids is 1. The lowest BCUT2D eigenvalue weighted by Crippen LogP contribution is -2.39. The van der Waals surface area contributed by atoms with Gasteiger partial charge >= 0.3 is 0 Å². The van der Waals surface area contributed by atoms with E-state index >= 15 is 0 Å². The number of benzene rings is 2. The van der Waals surface area contributed by atoms with Gasteiger partial charge in [0.15, 0.2) is 0 Å². The Labute approximate surface area is 171 Å². The van der Waals surface area contributed by atoms with Crippen molar-refractivity contribution >= 4 is 5.91 Å². The maximum atomic E-state index is 12.0. The van der Waals surface area contributed by atoms with Gasteiger partial charge < -0.3 is 14.2 Å². The van der Waals surface area contributed by atoms with Gasteiger partial charge in [-0.05, 0) is 37.5 Å². The van der Waals surface area contributed by atoms with Crippen molar-refractivity contribution in [3.05, 3.63) is 60.4 Å². The summed E-state index contributed by atoms with van der Waals surface area (Å²) >= 11 is 0. The van der Waals surface area contributed by atoms with E-state index < -0.39 is 0 Å². The van der Waals surface area contributed by atoms with E-state index in [9.17, 15) is 4.79 Å². The number of likely N-dealkylation sites (tertiary alicyclic amines) is 1. The molecule has 0 unspecified atom stereocenters. The summed E-state index contributed by atoms with van der Waals surface area (Å²) in [5.74, 6) is 0.968. The zero-order chi connectivity index (χ0) is 20.4. The third-order valence-electron chi connectivity index (χ3n) is 5.69. The largest absolute Gasteiger partial charge is 0.496 e. The number of rotatable bonds is 4. The average Bonchev–Trinajstić information content (AvgIpc) is 3.19. The van der Waals surface area contributed by atoms with E-state index in [-0.39, 0.29) is 11.9 Å². The number of piperidine rings is 1. The lowest BCUT2D eigenvalue weighted by Gasteiger charge is -2.33. The number of aromatic nitrogens is 2. The number of ether oxygens (including phenoxy) is 1. The highest BCUT2D eigenvalue weighted by Crippen LogP contribution is 2.40. The van der Waals surface area contributed by atoms with Crippen molar-refractivity contribution in [1.82, 2.24) is 14.5 Å². The maximum absolute atomic E-state index is 12.0. The first-order valence-electron chi connectivity index (χ1n) is 10.1. The summed E-state index contributed by atoms with van der Waals surface area (Å²) in [5.41, 5.74) is 5.23. The van der Waals surface area contributed by atoms with Crippen LogP contribution in [-0.2, 0) is 4.79 Å². The minimum atomic E-state index is 0.132. The van der Waals surface area contributed by atoms with Crippen LogP contribution in [0.4, 0.5) is 0 Å². The Bertz CT molecular complexity index is 1010. The fraction of sp³-hybridized carbons (Fsp3) is 0.333. The number of aryl methyl sites for hydroxylation is 1. The molecule has 3 aromatic rings. The third-order valence-corrected chi connectivity index (χ3v) is 5.69. The molecular weight excluding hydrogens is 362 g/mol. The fourth-order valence-corrected chi connectivity index (χ4v) is 4.17. The lowest BCUT2D eigenvalue weighted by molar-refractivity contribution is -0.130. The quantitative estimate of drug-likeness (QED) is 0.649. The Kier molecular flexibility index (Phi) is 5.38. The van der Waals surface area contributed by atoms with Crippen LogP contribution < -0.4 is 4.74 Å². The summed E-state index contributed by atoms with van der Waals surface area (Å²) < 4.78 is 7.98. The highest BCUT2D eigenvalue weighted by atomic mass is 16.5. The topological polar surface area (TPSA) is 47.4 Å². The molecule has 5 nitrogen and oxygen atoms in total. The van der Waals surface area contributed by atoms with Gasteiger partial charge in [-0.15, -0.1) is 0 Å². The summed E-state index contributed by atoms with van der Waals surface area (Å²) in [6, 6.07) is 16.7. The highest BCUT2D eigenvalue weighted by Gasteiger charge is 2.27. The van der Waals surface area contributed by atoms with Crippen LogP contribution in [0.25, 0.3) is 22.5 Å². The molecule has 5 heteroatoms. The monoisotopic (exact) mass is 389 g/mol. The van der Waals surface area contributed by atoms with Gasteiger partial charge in [0.25, 0.3) is 0 Å². The van der Waals surface area contributed by atoms with Crippen molar-refractivity contribution in [1.29, 1.82) is 0 Å². The van der Waals surface area contributed by atoms with Crippen LogP contribution in [0.2, 0.25) is 0 Å². The number of imidazole rings is 1. The molecule has 1 aliphatic rings. The van der Waals surface area contributed by atoms with E-state index in [1.807, 2.05) is 29.4 Å². The van der Waals surface area contributed by atoms with Gasteiger partial charge in [0.2, 0.25) is 5.91 Å². The maximum Gasteiger partial charge on any atom is 0.219 e. The van der Waals surface area contributed by atoms with E-state index in [4.69, 9.17) is 9.72 Å². The van der Waals surface area contributed by atoms with E-state index in [1.165, 1.54) is 0 Å². The van der Waals surface area contributed by atoms with Gasteiger partial charge in [-0.3, -0.25) is 4.79 Å². The van der Waals surface area contributed by atoms with E-state index in [0.29, 0.717) is 6.54 Å². The number of amides is 1. The molecule has 1 aliphatic heterocycles. The molecular formula is C24H27N3O2. The molecule has 1 amide bonds. The van der Waals surface area contributed by atoms with Crippen molar-refractivity contribution in [2.24, 2.45) is 0 Å². The van der Waals surface area contributed by atoms with E-state index in [2.05, 4.69) is 41.8 Å². The Morgan fingerprint density at radius 1 is 1.17 bits per heavy atom. The van der Waals surface area contributed by atoms with Crippen LogP contribution >= 0.6 is 0 Å². The van der Waals surface area contributed by atoms with Crippen LogP contribution in [-0.4, -0.2) is 40.6 Å². The van der Waals surface area contributed by atoms with E-state index in [1.54, 1.807) is 14.0 Å². The summed E-state index contributed by atoms with van der Waals surface area (Å²) in [6.45, 7) is 5.25. The molecule has 0 aliphatic carbocycles. The molecule has 29 heavy (non-hydrogen) atoms. The predicted molar refractivity (Wildman–Crippen MR) is 115 cm³/mol. The second kappa shape index (κ2) is 8.11. The van der Waals surface area contributed by atoms with Crippen molar-refractivity contribution < 1.29 is 9.53 Å². The number of hydrogen-bond donors (Lipinski definition) is 0. The number of hydrogen-bond acceptors (Lipinski definition) is 3. The van der Waals surface area contributed by atoms with Gasteiger partial charge in [0.1, 0.15) is 5.75 Å². The van der Waals surface area contributed by atoms with Gasteiger partial charge in [-0.1, -0.05) is 36.4 Å². The fourth-order valence-electron chi connectivity index (χ4n) is 4.17. The minimum absolute atomic E-state index is 0.132. The molecule has 2 heterocycles. The van der Waals surface area contributed by atoms with E-state index in [0.717, 1.165) is 53.2 Å². The van der Waals surface area contributed by atoms with Gasteiger partial charge in [-0.25, -0.2) is 4.98 Å². The average molecular weight is 389 g/mol. The first-order chi connectivity index (χ1) is 14.1. The van der Waals surface area contributed by atoms with Crippen LogP contribution in [0.5, 0.6) is 5.75 Å². The normalized spacial score (nSPS) is 16.7. The zero-order valence-corrected chi connectivity index (χ0v) is 17.3. The molecule has 150 valence electrons. The third kappa shape index (κ3) is 3.77. The Morgan fingerprint density at radius 3 is 2.69 bits per heavy atom. The SMILES string of the molecule is COc1cc(C)ccc1-c1c(-c2ccccc2)ncn1[C@@H]1CCCN(C(C)=O)C1. The molecule has 0 N–H and O–H groups in total. The molecule has 2 aromatic carbocycles. The highest BCUT2D eigenvalue weighted by molar-refractivity contribution is 5.82. The molecule has 1 fully saturated rings. The van der Waals surface area contributed by atoms with Crippen molar-refractivity contribution in [3.63, 3.8) is 0 Å². The standard InChI is InChI=1S/C24H27N3O2/c1-17-11-12-21(22(14-17)29-3)24-23(19-8-5-4-6-9-19)25-16-27(24)20-10-7-13-26(15-20)18(2)28/h4-6,8-9,11-12,14,16,20H,7,10,13,15H2,1-3H3/t20-/m1/s1. The predicted octanol–water partition coefficient (Wildman–Crippen LogP) is 4.72.